The van der Waals surface area contributed by atoms with Crippen LogP contribution < -0.4 is 5.32 Å². The van der Waals surface area contributed by atoms with Gasteiger partial charge < -0.3 is 20.6 Å². The number of aliphatic hydroxyl groups is 1. The molecule has 0 aliphatic rings. The summed E-state index contributed by atoms with van der Waals surface area (Å²) >= 11 is 0. The maximum absolute atomic E-state index is 13.2. The molecule has 1 amide bonds. The minimum Gasteiger partial charge on any atom is -0.508 e. The Kier molecular flexibility index (Phi) is 9.45. The average Bonchev–Trinajstić information content (AvgIpc) is 2.76. The normalized spacial score (nSPS) is 13.8. The summed E-state index contributed by atoms with van der Waals surface area (Å²) < 4.78 is 27.2. The van der Waals surface area contributed by atoms with E-state index in [2.05, 4.69) is 5.32 Å². The highest BCUT2D eigenvalue weighted by molar-refractivity contribution is 7.89. The van der Waals surface area contributed by atoms with Crippen LogP contribution in [0.4, 0.5) is 4.79 Å². The Hall–Kier alpha value is -2.66. The van der Waals surface area contributed by atoms with Crippen LogP contribution in [-0.2, 0) is 21.3 Å². The summed E-state index contributed by atoms with van der Waals surface area (Å²) in [7, 11) is -4.20. The van der Waals surface area contributed by atoms with Crippen LogP contribution in [0.5, 0.6) is 5.75 Å². The Morgan fingerprint density at radius 3 is 2.19 bits per heavy atom. The number of nitrogens with zero attached hydrogens (tertiary/aromatic N) is 1. The zero-order chi connectivity index (χ0) is 23.7. The largest absolute Gasteiger partial charge is 0.508 e. The molecule has 2 atom stereocenters. The van der Waals surface area contributed by atoms with Crippen molar-refractivity contribution in [2.24, 2.45) is 0 Å². The molecule has 2 aromatic carbocycles. The lowest BCUT2D eigenvalue weighted by Crippen LogP contribution is -2.50. The van der Waals surface area contributed by atoms with Gasteiger partial charge in [0.25, 0.3) is 10.0 Å². The fourth-order valence-corrected chi connectivity index (χ4v) is 4.43. The van der Waals surface area contributed by atoms with E-state index in [9.17, 15) is 28.5 Å². The highest BCUT2D eigenvalue weighted by Crippen LogP contribution is 2.22. The van der Waals surface area contributed by atoms with E-state index in [1.165, 1.54) is 24.3 Å². The number of hydrogen-bond acceptors (Lipinski definition) is 6. The van der Waals surface area contributed by atoms with Gasteiger partial charge >= 0.3 is 6.09 Å². The molecule has 2 aromatic rings. The van der Waals surface area contributed by atoms with Crippen LogP contribution >= 0.6 is 0 Å². The summed E-state index contributed by atoms with van der Waals surface area (Å²) in [4.78, 5) is 16.9. The maximum atomic E-state index is 13.2. The molecular weight excluding hydrogens is 436 g/mol. The number of amides is 1. The van der Waals surface area contributed by atoms with E-state index in [1.807, 2.05) is 19.9 Å². The van der Waals surface area contributed by atoms with Gasteiger partial charge in [0, 0.05) is 0 Å². The molecule has 10 heteroatoms. The van der Waals surface area contributed by atoms with Crippen LogP contribution in [0.3, 0.4) is 0 Å². The molecule has 9 nitrogen and oxygen atoms in total. The number of hydrogen-bond donors (Lipinski definition) is 4. The predicted octanol–water partition coefficient (Wildman–Crippen LogP) is 2.74. The lowest BCUT2D eigenvalue weighted by Gasteiger charge is -2.30. The third-order valence-corrected chi connectivity index (χ3v) is 6.63. The first-order chi connectivity index (χ1) is 15.2. The standard InChI is InChI=1S/C22H30N2O7S/c1-3-18(4-2)31-24(32(29,30)19-12-10-17(25)11-13-19)15-21(26)20(23-22(27)28)14-16-8-6-5-7-9-16/h5-13,18,20-21,23,25-26H,3-4,14-15H2,1-2H3,(H,27,28)/t20-,21-/m0/s1. The van der Waals surface area contributed by atoms with Gasteiger partial charge in [-0.1, -0.05) is 48.6 Å². The molecule has 0 radical (unpaired) electrons. The Bertz CT molecular complexity index is 948. The summed E-state index contributed by atoms with van der Waals surface area (Å²) in [5, 5.41) is 31.8. The van der Waals surface area contributed by atoms with Gasteiger partial charge in [0.05, 0.1) is 29.7 Å². The first-order valence-electron chi connectivity index (χ1n) is 10.4. The van der Waals surface area contributed by atoms with Crippen molar-refractivity contribution in [3.05, 3.63) is 60.2 Å². The van der Waals surface area contributed by atoms with Crippen LogP contribution in [0.2, 0.25) is 0 Å². The average molecular weight is 467 g/mol. The summed E-state index contributed by atoms with van der Waals surface area (Å²) in [5.41, 5.74) is 0.777. The van der Waals surface area contributed by atoms with Gasteiger partial charge in [0.1, 0.15) is 5.75 Å². The second-order valence-corrected chi connectivity index (χ2v) is 9.17. The summed E-state index contributed by atoms with van der Waals surface area (Å²) in [6.07, 6.45) is -1.92. The number of benzene rings is 2. The van der Waals surface area contributed by atoms with Crippen molar-refractivity contribution < 1.29 is 33.4 Å². The van der Waals surface area contributed by atoms with Crippen LogP contribution in [0.1, 0.15) is 32.3 Å². The quantitative estimate of drug-likeness (QED) is 0.353. The SMILES string of the molecule is CCC(CC)ON(C[C@H](O)[C@H](Cc1ccccc1)NC(=O)O)S(=O)(=O)c1ccc(O)cc1. The van der Waals surface area contributed by atoms with E-state index in [1.54, 1.807) is 24.3 Å². The molecule has 0 aliphatic heterocycles. The van der Waals surface area contributed by atoms with Crippen molar-refractivity contribution in [1.29, 1.82) is 0 Å². The molecule has 4 N–H and O–H groups in total. The number of aliphatic hydroxyl groups excluding tert-OH is 1. The van der Waals surface area contributed by atoms with E-state index in [-0.39, 0.29) is 17.1 Å². The summed E-state index contributed by atoms with van der Waals surface area (Å²) in [5.74, 6) is -0.0926. The summed E-state index contributed by atoms with van der Waals surface area (Å²) in [6.45, 7) is 3.21. The molecule has 0 heterocycles. The van der Waals surface area contributed by atoms with Gasteiger partial charge in [-0.15, -0.1) is 0 Å². The smallest absolute Gasteiger partial charge is 0.404 e. The van der Waals surface area contributed by atoms with Gasteiger partial charge in [-0.05, 0) is 49.1 Å². The van der Waals surface area contributed by atoms with Gasteiger partial charge in [0.15, 0.2) is 0 Å². The Balaban J connectivity index is 2.32. The molecule has 176 valence electrons. The van der Waals surface area contributed by atoms with Crippen molar-refractivity contribution in [1.82, 2.24) is 9.79 Å². The molecule has 0 aliphatic carbocycles. The van der Waals surface area contributed by atoms with Crippen LogP contribution in [0, 0.1) is 0 Å². The molecule has 2 rings (SSSR count). The van der Waals surface area contributed by atoms with Gasteiger partial charge in [-0.25, -0.2) is 13.2 Å². The lowest BCUT2D eigenvalue weighted by molar-refractivity contribution is -0.149. The molecule has 0 spiro atoms. The number of hydroxylamine groups is 1. The van der Waals surface area contributed by atoms with E-state index in [0.29, 0.717) is 17.3 Å². The number of rotatable bonds is 12. The molecule has 0 unspecified atom stereocenters. The van der Waals surface area contributed by atoms with Crippen molar-refractivity contribution in [3.63, 3.8) is 0 Å². The number of carboxylic acid groups (broad SMARTS) is 1. The van der Waals surface area contributed by atoms with Crippen LogP contribution in [-0.4, -0.2) is 59.1 Å². The minimum absolute atomic E-state index is 0.0926. The topological polar surface area (TPSA) is 136 Å². The molecule has 0 aromatic heterocycles. The van der Waals surface area contributed by atoms with Gasteiger partial charge in [-0.2, -0.15) is 0 Å². The number of phenols is 1. The highest BCUT2D eigenvalue weighted by atomic mass is 32.2. The Labute approximate surface area is 188 Å². The second-order valence-electron chi connectivity index (χ2n) is 7.34. The summed E-state index contributed by atoms with van der Waals surface area (Å²) in [6, 6.07) is 12.9. The number of carbonyl (C=O) groups is 1. The third kappa shape index (κ3) is 7.20. The van der Waals surface area contributed by atoms with Gasteiger partial charge in [-0.3, -0.25) is 4.84 Å². The van der Waals surface area contributed by atoms with E-state index < -0.39 is 40.9 Å². The number of phenolic OH excluding ortho intramolecular Hbond substituents is 1. The van der Waals surface area contributed by atoms with E-state index in [0.717, 1.165) is 5.56 Å². The second kappa shape index (κ2) is 11.8. The first-order valence-corrected chi connectivity index (χ1v) is 11.8. The molecule has 0 saturated carbocycles. The molecule has 0 saturated heterocycles. The Morgan fingerprint density at radius 1 is 1.06 bits per heavy atom. The fraction of sp³-hybridized carbons (Fsp3) is 0.409. The van der Waals surface area contributed by atoms with Crippen molar-refractivity contribution in [3.8, 4) is 5.75 Å². The monoisotopic (exact) mass is 466 g/mol. The zero-order valence-corrected chi connectivity index (χ0v) is 18.9. The fourth-order valence-electron chi connectivity index (χ4n) is 3.13. The molecular formula is C22H30N2O7S. The number of nitrogens with one attached hydrogen (secondary N) is 1. The number of aromatic hydroxyl groups is 1. The Morgan fingerprint density at radius 2 is 1.66 bits per heavy atom. The first kappa shape index (κ1) is 25.6. The van der Waals surface area contributed by atoms with Crippen molar-refractivity contribution >= 4 is 16.1 Å². The zero-order valence-electron chi connectivity index (χ0n) is 18.1. The van der Waals surface area contributed by atoms with Crippen LogP contribution in [0.25, 0.3) is 0 Å². The van der Waals surface area contributed by atoms with Gasteiger partial charge in [0.2, 0.25) is 0 Å². The predicted molar refractivity (Wildman–Crippen MR) is 119 cm³/mol. The van der Waals surface area contributed by atoms with Crippen molar-refractivity contribution in [2.75, 3.05) is 6.54 Å². The maximum Gasteiger partial charge on any atom is 0.404 e. The molecule has 32 heavy (non-hydrogen) atoms. The third-order valence-electron chi connectivity index (χ3n) is 4.99. The highest BCUT2D eigenvalue weighted by Gasteiger charge is 2.33. The van der Waals surface area contributed by atoms with E-state index >= 15 is 0 Å². The minimum atomic E-state index is -4.20. The molecule has 0 fully saturated rings. The van der Waals surface area contributed by atoms with E-state index in [4.69, 9.17) is 4.84 Å². The van der Waals surface area contributed by atoms with Crippen molar-refractivity contribution in [2.45, 2.75) is 56.3 Å². The number of sulfonamides is 1. The molecule has 0 bridgehead atoms. The lowest BCUT2D eigenvalue weighted by atomic mass is 10.0. The van der Waals surface area contributed by atoms with Crippen LogP contribution in [0.15, 0.2) is 59.5 Å².